The van der Waals surface area contributed by atoms with E-state index < -0.39 is 0 Å². The van der Waals surface area contributed by atoms with Crippen molar-refractivity contribution in [1.29, 1.82) is 0 Å². The Morgan fingerprint density at radius 2 is 2.00 bits per heavy atom. The molecule has 1 N–H and O–H groups in total. The maximum absolute atomic E-state index is 3.61. The first-order chi connectivity index (χ1) is 9.15. The van der Waals surface area contributed by atoms with Crippen molar-refractivity contribution >= 4 is 0 Å². The van der Waals surface area contributed by atoms with Crippen LogP contribution in [0.15, 0.2) is 18.2 Å². The van der Waals surface area contributed by atoms with Crippen LogP contribution in [0.5, 0.6) is 0 Å². The average Bonchev–Trinajstić information content (AvgIpc) is 2.39. The monoisotopic (exact) mass is 259 g/mol. The number of nitrogens with one attached hydrogen (secondary N) is 1. The molecule has 1 aromatic rings. The summed E-state index contributed by atoms with van der Waals surface area (Å²) < 4.78 is 0. The van der Waals surface area contributed by atoms with E-state index in [-0.39, 0.29) is 0 Å². The predicted molar refractivity (Wildman–Crippen MR) is 83.4 cm³/mol. The zero-order chi connectivity index (χ0) is 13.7. The van der Waals surface area contributed by atoms with Crippen molar-refractivity contribution in [3.63, 3.8) is 0 Å². The van der Waals surface area contributed by atoms with Crippen LogP contribution >= 0.6 is 0 Å². The summed E-state index contributed by atoms with van der Waals surface area (Å²) in [5, 5.41) is 3.61. The van der Waals surface area contributed by atoms with Gasteiger partial charge in [0.1, 0.15) is 0 Å². The molecule has 19 heavy (non-hydrogen) atoms. The molecule has 0 spiro atoms. The van der Waals surface area contributed by atoms with Crippen LogP contribution in [0.4, 0.5) is 0 Å². The van der Waals surface area contributed by atoms with Gasteiger partial charge in [0.05, 0.1) is 0 Å². The predicted octanol–water partition coefficient (Wildman–Crippen LogP) is 4.61. The van der Waals surface area contributed by atoms with Gasteiger partial charge in [0, 0.05) is 6.54 Å². The summed E-state index contributed by atoms with van der Waals surface area (Å²) >= 11 is 0. The van der Waals surface area contributed by atoms with E-state index >= 15 is 0 Å². The molecule has 0 heterocycles. The Labute approximate surface area is 118 Å². The van der Waals surface area contributed by atoms with Gasteiger partial charge in [-0.1, -0.05) is 44.4 Å². The third-order valence-corrected chi connectivity index (χ3v) is 4.67. The van der Waals surface area contributed by atoms with Gasteiger partial charge in [-0.2, -0.15) is 0 Å². The van der Waals surface area contributed by atoms with E-state index in [0.29, 0.717) is 0 Å². The lowest BCUT2D eigenvalue weighted by atomic mass is 9.81. The molecule has 0 bridgehead atoms. The molecule has 2 unspecified atom stereocenters. The van der Waals surface area contributed by atoms with Crippen molar-refractivity contribution in [3.05, 3.63) is 34.9 Å². The van der Waals surface area contributed by atoms with Crippen molar-refractivity contribution < 1.29 is 0 Å². The largest absolute Gasteiger partial charge is 0.313 e. The third-order valence-electron chi connectivity index (χ3n) is 4.67. The second-order valence-corrected chi connectivity index (χ2v) is 6.52. The van der Waals surface area contributed by atoms with Crippen LogP contribution in [0.25, 0.3) is 0 Å². The average molecular weight is 259 g/mol. The number of hydrogen-bond donors (Lipinski definition) is 1. The van der Waals surface area contributed by atoms with Crippen molar-refractivity contribution in [2.75, 3.05) is 6.54 Å². The summed E-state index contributed by atoms with van der Waals surface area (Å²) in [6, 6.07) is 6.79. The Balaban J connectivity index is 1.67. The molecule has 0 radical (unpaired) electrons. The van der Waals surface area contributed by atoms with Crippen molar-refractivity contribution in [3.8, 4) is 0 Å². The van der Waals surface area contributed by atoms with Gasteiger partial charge >= 0.3 is 0 Å². The van der Waals surface area contributed by atoms with Gasteiger partial charge in [-0.3, -0.25) is 0 Å². The number of hydrogen-bond acceptors (Lipinski definition) is 1. The summed E-state index contributed by atoms with van der Waals surface area (Å²) in [4.78, 5) is 0. The number of benzene rings is 1. The zero-order valence-electron chi connectivity index (χ0n) is 12.8. The lowest BCUT2D eigenvalue weighted by molar-refractivity contribution is 0.267. The van der Waals surface area contributed by atoms with Gasteiger partial charge in [0.25, 0.3) is 0 Å². The van der Waals surface area contributed by atoms with Crippen molar-refractivity contribution in [2.45, 2.75) is 59.4 Å². The quantitative estimate of drug-likeness (QED) is 0.761. The Morgan fingerprint density at radius 3 is 2.74 bits per heavy atom. The topological polar surface area (TPSA) is 12.0 Å². The Bertz CT molecular complexity index is 397. The van der Waals surface area contributed by atoms with Crippen LogP contribution in [0.1, 0.15) is 55.7 Å². The summed E-state index contributed by atoms with van der Waals surface area (Å²) in [5.74, 6) is 1.93. The fourth-order valence-electron chi connectivity index (χ4n) is 3.27. The highest BCUT2D eigenvalue weighted by Gasteiger charge is 2.17. The molecule has 1 nitrogen and oxygen atoms in total. The highest BCUT2D eigenvalue weighted by Crippen LogP contribution is 2.30. The number of aryl methyl sites for hydroxylation is 2. The van der Waals surface area contributed by atoms with Crippen LogP contribution in [-0.2, 0) is 6.54 Å². The third kappa shape index (κ3) is 4.65. The van der Waals surface area contributed by atoms with Gasteiger partial charge in [-0.05, 0) is 61.8 Å². The van der Waals surface area contributed by atoms with Crippen LogP contribution in [-0.4, -0.2) is 6.54 Å². The minimum atomic E-state index is 0.957. The molecule has 1 aromatic carbocycles. The van der Waals surface area contributed by atoms with Gasteiger partial charge in [-0.15, -0.1) is 0 Å². The lowest BCUT2D eigenvalue weighted by Gasteiger charge is -2.26. The molecule has 2 rings (SSSR count). The Morgan fingerprint density at radius 1 is 1.16 bits per heavy atom. The molecule has 1 aliphatic carbocycles. The summed E-state index contributed by atoms with van der Waals surface area (Å²) in [6.07, 6.45) is 7.16. The maximum Gasteiger partial charge on any atom is 0.0205 e. The molecule has 0 aliphatic heterocycles. The second kappa shape index (κ2) is 7.09. The standard InChI is InChI=1S/C18H29N/c1-14-5-4-6-17(11-14)9-10-19-13-18-8-7-15(2)16(3)12-18/h7-8,12,14,17,19H,4-6,9-11,13H2,1-3H3. The van der Waals surface area contributed by atoms with Gasteiger partial charge < -0.3 is 5.32 Å². The molecule has 0 amide bonds. The molecule has 0 aromatic heterocycles. The summed E-state index contributed by atoms with van der Waals surface area (Å²) in [6.45, 7) is 8.97. The molecule has 0 saturated heterocycles. The maximum atomic E-state index is 3.61. The van der Waals surface area contributed by atoms with Crippen LogP contribution in [0.2, 0.25) is 0 Å². The van der Waals surface area contributed by atoms with E-state index in [2.05, 4.69) is 44.3 Å². The van der Waals surface area contributed by atoms with E-state index in [1.54, 1.807) is 0 Å². The molecule has 1 fully saturated rings. The first-order valence-corrected chi connectivity index (χ1v) is 7.92. The molecular formula is C18H29N. The second-order valence-electron chi connectivity index (χ2n) is 6.52. The van der Waals surface area contributed by atoms with Crippen LogP contribution in [0, 0.1) is 25.7 Å². The fourth-order valence-corrected chi connectivity index (χ4v) is 3.27. The summed E-state index contributed by atoms with van der Waals surface area (Å²) in [7, 11) is 0. The number of rotatable bonds is 5. The van der Waals surface area contributed by atoms with E-state index in [1.165, 1.54) is 55.3 Å². The molecular weight excluding hydrogens is 230 g/mol. The molecule has 1 heteroatoms. The van der Waals surface area contributed by atoms with E-state index in [1.807, 2.05) is 0 Å². The van der Waals surface area contributed by atoms with Crippen molar-refractivity contribution in [1.82, 2.24) is 5.32 Å². The van der Waals surface area contributed by atoms with Crippen molar-refractivity contribution in [2.24, 2.45) is 11.8 Å². The first kappa shape index (κ1) is 14.6. The van der Waals surface area contributed by atoms with E-state index in [9.17, 15) is 0 Å². The first-order valence-electron chi connectivity index (χ1n) is 7.92. The minimum Gasteiger partial charge on any atom is -0.313 e. The lowest BCUT2D eigenvalue weighted by Crippen LogP contribution is -2.21. The van der Waals surface area contributed by atoms with E-state index in [0.717, 1.165) is 18.4 Å². The SMILES string of the molecule is Cc1ccc(CNCCC2CCCC(C)C2)cc1C. The van der Waals surface area contributed by atoms with Crippen LogP contribution < -0.4 is 5.32 Å². The van der Waals surface area contributed by atoms with E-state index in [4.69, 9.17) is 0 Å². The Kier molecular flexibility index (Phi) is 5.45. The molecule has 106 valence electrons. The molecule has 1 aliphatic rings. The highest BCUT2D eigenvalue weighted by molar-refractivity contribution is 5.29. The summed E-state index contributed by atoms with van der Waals surface area (Å²) in [5.41, 5.74) is 4.21. The van der Waals surface area contributed by atoms with Crippen LogP contribution in [0.3, 0.4) is 0 Å². The normalized spacial score (nSPS) is 23.5. The van der Waals surface area contributed by atoms with Gasteiger partial charge in [-0.25, -0.2) is 0 Å². The van der Waals surface area contributed by atoms with Gasteiger partial charge in [0.2, 0.25) is 0 Å². The zero-order valence-corrected chi connectivity index (χ0v) is 12.8. The highest BCUT2D eigenvalue weighted by atomic mass is 14.8. The minimum absolute atomic E-state index is 0.957. The fraction of sp³-hybridized carbons (Fsp3) is 0.667. The molecule has 1 saturated carbocycles. The Hall–Kier alpha value is -0.820. The van der Waals surface area contributed by atoms with Gasteiger partial charge in [0.15, 0.2) is 0 Å². The molecule has 2 atom stereocenters. The smallest absolute Gasteiger partial charge is 0.0205 e.